The van der Waals surface area contributed by atoms with E-state index in [0.717, 1.165) is 79.0 Å². The highest BCUT2D eigenvalue weighted by molar-refractivity contribution is 6.08. The van der Waals surface area contributed by atoms with Gasteiger partial charge in [-0.05, 0) is 74.3 Å². The molecular weight excluding hydrogens is 572 g/mol. The van der Waals surface area contributed by atoms with Gasteiger partial charge < -0.3 is 19.1 Å². The van der Waals surface area contributed by atoms with Crippen molar-refractivity contribution in [1.29, 1.82) is 0 Å². The van der Waals surface area contributed by atoms with Crippen LogP contribution in [0.5, 0.6) is 0 Å². The summed E-state index contributed by atoms with van der Waals surface area (Å²) in [5.74, 6) is 1.79. The molecule has 2 fully saturated rings. The Balaban J connectivity index is 0.000000758. The Kier molecular flexibility index (Phi) is 12.2. The van der Waals surface area contributed by atoms with Crippen molar-refractivity contribution in [3.8, 4) is 11.5 Å². The Hall–Kier alpha value is -3.45. The maximum atomic E-state index is 12.9. The zero-order chi connectivity index (χ0) is 33.5. The number of aliphatic hydroxyl groups is 1. The number of hydrogen-bond donors (Lipinski definition) is 1. The molecule has 4 heterocycles. The summed E-state index contributed by atoms with van der Waals surface area (Å²) in [5, 5.41) is 10.9. The van der Waals surface area contributed by atoms with Gasteiger partial charge in [-0.15, -0.1) is 0 Å². The summed E-state index contributed by atoms with van der Waals surface area (Å²) in [5.41, 5.74) is 7.53. The Morgan fingerprint density at radius 1 is 0.957 bits per heavy atom. The summed E-state index contributed by atoms with van der Waals surface area (Å²) in [6, 6.07) is 13.1. The van der Waals surface area contributed by atoms with Gasteiger partial charge in [0.2, 0.25) is 5.91 Å². The van der Waals surface area contributed by atoms with Gasteiger partial charge in [0.25, 0.3) is 0 Å². The number of amides is 1. The van der Waals surface area contributed by atoms with Gasteiger partial charge in [-0.25, -0.2) is 4.98 Å². The summed E-state index contributed by atoms with van der Waals surface area (Å²) < 4.78 is 4.75. The Morgan fingerprint density at radius 2 is 1.65 bits per heavy atom. The average Bonchev–Trinajstić information content (AvgIpc) is 3.64. The van der Waals surface area contributed by atoms with E-state index in [1.807, 2.05) is 59.4 Å². The van der Waals surface area contributed by atoms with Crippen molar-refractivity contribution in [2.75, 3.05) is 13.1 Å². The molecule has 1 amide bonds. The molecule has 2 aromatic carbocycles. The fraction of sp³-hybridized carbons (Fsp3) is 0.564. The number of ketones is 1. The Morgan fingerprint density at radius 3 is 2.30 bits per heavy atom. The third-order valence-electron chi connectivity index (χ3n) is 9.47. The van der Waals surface area contributed by atoms with Crippen LogP contribution in [-0.4, -0.2) is 55.0 Å². The van der Waals surface area contributed by atoms with E-state index in [0.29, 0.717) is 31.7 Å². The molecule has 0 unspecified atom stereocenters. The van der Waals surface area contributed by atoms with E-state index < -0.39 is 0 Å². The van der Waals surface area contributed by atoms with Crippen LogP contribution in [0.4, 0.5) is 0 Å². The molecule has 2 aromatic heterocycles. The zero-order valence-corrected chi connectivity index (χ0v) is 29.5. The molecule has 1 aliphatic carbocycles. The normalized spacial score (nSPS) is 19.0. The van der Waals surface area contributed by atoms with Gasteiger partial charge in [0, 0.05) is 49.5 Å². The predicted molar refractivity (Wildman–Crippen MR) is 191 cm³/mol. The molecule has 2 aliphatic heterocycles. The van der Waals surface area contributed by atoms with Crippen molar-refractivity contribution in [3.63, 3.8) is 0 Å². The summed E-state index contributed by atoms with van der Waals surface area (Å²) in [6.07, 6.45) is 5.53. The monoisotopic (exact) mass is 628 g/mol. The first-order chi connectivity index (χ1) is 22.4. The molecule has 7 heteroatoms. The third kappa shape index (κ3) is 6.67. The maximum Gasteiger partial charge on any atom is 0.225 e. The van der Waals surface area contributed by atoms with E-state index in [4.69, 9.17) is 4.98 Å². The van der Waals surface area contributed by atoms with Crippen LogP contribution in [0, 0.1) is 12.8 Å². The van der Waals surface area contributed by atoms with Crippen LogP contribution < -0.4 is 0 Å². The van der Waals surface area contributed by atoms with Crippen LogP contribution in [0.25, 0.3) is 33.5 Å². The highest BCUT2D eigenvalue weighted by Crippen LogP contribution is 2.40. The van der Waals surface area contributed by atoms with Crippen LogP contribution >= 0.6 is 0 Å². The van der Waals surface area contributed by atoms with Crippen molar-refractivity contribution < 1.29 is 14.7 Å². The minimum absolute atomic E-state index is 0.00881. The predicted octanol–water partition coefficient (Wildman–Crippen LogP) is 8.91. The van der Waals surface area contributed by atoms with E-state index in [1.54, 1.807) is 0 Å². The molecule has 3 aliphatic rings. The molecule has 7 rings (SSSR count). The molecule has 0 atom stereocenters. The number of aliphatic hydroxyl groups excluding tert-OH is 1. The number of nitrogens with zero attached hydrogens (tertiary/aromatic N) is 4. The summed E-state index contributed by atoms with van der Waals surface area (Å²) in [6.45, 7) is 19.4. The molecule has 0 radical (unpaired) electrons. The topological polar surface area (TPSA) is 80.4 Å². The fourth-order valence-corrected chi connectivity index (χ4v) is 7.26. The largest absolute Gasteiger partial charge is 0.393 e. The molecule has 250 valence electrons. The van der Waals surface area contributed by atoms with Gasteiger partial charge in [-0.2, -0.15) is 0 Å². The van der Waals surface area contributed by atoms with Crippen LogP contribution in [-0.2, 0) is 17.9 Å². The second-order valence-corrected chi connectivity index (χ2v) is 12.2. The van der Waals surface area contributed by atoms with E-state index in [1.165, 1.54) is 16.5 Å². The number of hydrogen-bond acceptors (Lipinski definition) is 4. The number of piperidine rings is 1. The molecule has 1 saturated heterocycles. The summed E-state index contributed by atoms with van der Waals surface area (Å²) in [4.78, 5) is 32.9. The van der Waals surface area contributed by atoms with Crippen molar-refractivity contribution >= 4 is 33.6 Å². The van der Waals surface area contributed by atoms with Crippen LogP contribution in [0.2, 0.25) is 0 Å². The summed E-state index contributed by atoms with van der Waals surface area (Å²) in [7, 11) is 0. The number of imidazole rings is 1. The lowest BCUT2D eigenvalue weighted by molar-refractivity contribution is -0.143. The van der Waals surface area contributed by atoms with E-state index >= 15 is 0 Å². The van der Waals surface area contributed by atoms with Crippen molar-refractivity contribution in [3.05, 3.63) is 53.1 Å². The number of carbonyl (C=O) groups excluding carboxylic acids is 2. The fourth-order valence-electron chi connectivity index (χ4n) is 7.26. The van der Waals surface area contributed by atoms with Crippen molar-refractivity contribution in [2.24, 2.45) is 5.92 Å². The lowest BCUT2D eigenvalue weighted by Crippen LogP contribution is -2.46. The lowest BCUT2D eigenvalue weighted by atomic mass is 9.80. The second kappa shape index (κ2) is 15.9. The molecule has 46 heavy (non-hydrogen) atoms. The van der Waals surface area contributed by atoms with E-state index in [9.17, 15) is 14.7 Å². The van der Waals surface area contributed by atoms with Crippen molar-refractivity contribution in [2.45, 2.75) is 125 Å². The van der Waals surface area contributed by atoms with Crippen LogP contribution in [0.1, 0.15) is 121 Å². The number of aryl methyl sites for hydroxylation is 3. The first kappa shape index (κ1) is 35.4. The first-order valence-corrected chi connectivity index (χ1v) is 18.1. The van der Waals surface area contributed by atoms with Gasteiger partial charge in [0.15, 0.2) is 11.6 Å². The molecule has 0 spiro atoms. The van der Waals surface area contributed by atoms with E-state index in [2.05, 4.69) is 46.4 Å². The Bertz CT molecular complexity index is 1630. The molecule has 1 saturated carbocycles. The third-order valence-corrected chi connectivity index (χ3v) is 9.47. The molecule has 1 N–H and O–H groups in total. The number of unbranched alkanes of at least 4 members (excludes halogenated alkanes) is 1. The van der Waals surface area contributed by atoms with Crippen LogP contribution in [0.15, 0.2) is 36.4 Å². The second-order valence-electron chi connectivity index (χ2n) is 12.2. The minimum Gasteiger partial charge on any atom is -0.393 e. The molecule has 7 nitrogen and oxygen atoms in total. The number of rotatable bonds is 6. The number of para-hydroxylation sites is 1. The highest BCUT2D eigenvalue weighted by atomic mass is 16.3. The van der Waals surface area contributed by atoms with Gasteiger partial charge in [-0.3, -0.25) is 9.59 Å². The van der Waals surface area contributed by atoms with Crippen LogP contribution in [0.3, 0.4) is 0 Å². The smallest absolute Gasteiger partial charge is 0.225 e. The number of aromatic nitrogens is 3. The zero-order valence-electron chi connectivity index (χ0n) is 29.5. The lowest BCUT2D eigenvalue weighted by Gasteiger charge is -2.38. The van der Waals surface area contributed by atoms with E-state index in [-0.39, 0.29) is 23.7 Å². The van der Waals surface area contributed by atoms with Gasteiger partial charge >= 0.3 is 0 Å². The average molecular weight is 629 g/mol. The van der Waals surface area contributed by atoms with Gasteiger partial charge in [-0.1, -0.05) is 73.1 Å². The van der Waals surface area contributed by atoms with Gasteiger partial charge in [0.05, 0.1) is 28.3 Å². The minimum atomic E-state index is -0.299. The number of fused-ring (bicyclic) bond motifs is 1. The molecule has 0 bridgehead atoms. The SMILES string of the molecule is CC.CC.CC.CCCCn1c(-c2nc3cc(C)cc4c3n2CCC4=O)cc2cccc(C3CCN(C(=O)C4CC(O)C4)CC3)c21. The summed E-state index contributed by atoms with van der Waals surface area (Å²) >= 11 is 0. The molecular formula is C39H56N4O3. The van der Waals surface area contributed by atoms with Crippen molar-refractivity contribution in [1.82, 2.24) is 19.0 Å². The Labute approximate surface area is 276 Å². The number of Topliss-reactive ketones (excluding diaryl/α,β-unsaturated/α-hetero) is 1. The maximum absolute atomic E-state index is 12.9. The number of benzene rings is 2. The first-order valence-electron chi connectivity index (χ1n) is 18.1. The number of likely N-dealkylation sites (tertiary alicyclic amines) is 1. The molecule has 4 aromatic rings. The van der Waals surface area contributed by atoms with Gasteiger partial charge in [0.1, 0.15) is 0 Å². The quantitative estimate of drug-likeness (QED) is 0.231. The standard InChI is InChI=1S/C33H38N4O3.3C2H6/c1-3-4-11-36-28(32-34-27-16-20(2)15-26-29(39)10-14-37(32)31(26)27)19-22-6-5-7-25(30(22)36)21-8-12-35(13-9-21)33(40)23-17-24(38)18-23;3*1-2/h5-7,15-16,19,21,23-24,38H,3-4,8-14,17-18H2,1-2H3;3*1-2H3. The number of carbonyl (C=O) groups is 2. The highest BCUT2D eigenvalue weighted by Gasteiger charge is 2.37.